The molecule has 0 radical (unpaired) electrons. The monoisotopic (exact) mass is 400 g/mol. The summed E-state index contributed by atoms with van der Waals surface area (Å²) in [5, 5.41) is 12.3. The lowest BCUT2D eigenvalue weighted by molar-refractivity contribution is -0.181. The van der Waals surface area contributed by atoms with Crippen molar-refractivity contribution in [1.82, 2.24) is 0 Å². The quantitative estimate of drug-likeness (QED) is 0.467. The van der Waals surface area contributed by atoms with Crippen LogP contribution in [0.5, 0.6) is 0 Å². The van der Waals surface area contributed by atoms with Gasteiger partial charge in [0.15, 0.2) is 0 Å². The minimum Gasteiger partial charge on any atom is -0.389 e. The first-order valence-corrected chi connectivity index (χ1v) is 13.1. The van der Waals surface area contributed by atoms with Gasteiger partial charge in [-0.25, -0.2) is 0 Å². The lowest BCUT2D eigenvalue weighted by atomic mass is 9.44. The van der Waals surface area contributed by atoms with Gasteiger partial charge >= 0.3 is 0 Å². The Morgan fingerprint density at radius 2 is 1.76 bits per heavy atom. The van der Waals surface area contributed by atoms with Gasteiger partial charge in [0.2, 0.25) is 0 Å². The number of fused-ring (bicyclic) bond motifs is 5. The van der Waals surface area contributed by atoms with E-state index in [0.717, 1.165) is 30.1 Å². The number of aliphatic hydroxyl groups is 1. The Kier molecular flexibility index (Phi) is 5.81. The molecule has 0 heterocycles. The summed E-state index contributed by atoms with van der Waals surface area (Å²) < 4.78 is 0. The maximum absolute atomic E-state index is 12.3. The first-order valence-electron chi connectivity index (χ1n) is 13.1. The normalized spacial score (nSPS) is 47.9. The Balaban J connectivity index is 1.56. The van der Waals surface area contributed by atoms with E-state index in [1.165, 1.54) is 64.2 Å². The van der Waals surface area contributed by atoms with Gasteiger partial charge in [0.1, 0.15) is 0 Å². The highest BCUT2D eigenvalue weighted by molar-refractivity contribution is 5.30. The third kappa shape index (κ3) is 3.37. The first-order chi connectivity index (χ1) is 13.6. The lowest BCUT2D eigenvalue weighted by Gasteiger charge is -2.62. The molecule has 0 aliphatic heterocycles. The van der Waals surface area contributed by atoms with E-state index in [4.69, 9.17) is 0 Å². The molecule has 4 aliphatic rings. The van der Waals surface area contributed by atoms with Crippen molar-refractivity contribution in [3.8, 4) is 0 Å². The molecule has 1 unspecified atom stereocenters. The highest BCUT2D eigenvalue weighted by Gasteiger charge is 2.65. The highest BCUT2D eigenvalue weighted by Crippen LogP contribution is 2.69. The van der Waals surface area contributed by atoms with Crippen molar-refractivity contribution in [2.24, 2.45) is 46.3 Å². The van der Waals surface area contributed by atoms with Crippen molar-refractivity contribution in [2.75, 3.05) is 0 Å². The molecule has 166 valence electrons. The molecule has 1 N–H and O–H groups in total. The Bertz CT molecular complexity index is 634. The summed E-state index contributed by atoms with van der Waals surface area (Å²) in [7, 11) is 0. The molecule has 0 aromatic carbocycles. The van der Waals surface area contributed by atoms with Crippen LogP contribution in [0.3, 0.4) is 0 Å². The number of hydrogen-bond acceptors (Lipinski definition) is 1. The van der Waals surface area contributed by atoms with Crippen molar-refractivity contribution < 1.29 is 5.11 Å². The van der Waals surface area contributed by atoms with Crippen LogP contribution in [-0.4, -0.2) is 10.7 Å². The molecule has 1 heteroatoms. The molecule has 3 saturated carbocycles. The van der Waals surface area contributed by atoms with Crippen molar-refractivity contribution in [1.29, 1.82) is 0 Å². The number of rotatable bonds is 5. The molecule has 29 heavy (non-hydrogen) atoms. The van der Waals surface area contributed by atoms with E-state index < -0.39 is 5.60 Å². The van der Waals surface area contributed by atoms with Gasteiger partial charge in [-0.1, -0.05) is 78.9 Å². The SMILES string of the molecule is CC(C)CCC[C@@H](C)[C@H]1CC[C@H]2C3(O)CC=C4[C@H](C)CCC[C@]4(C)[C@H]3CC[C@]12C. The molecule has 0 amide bonds. The number of allylic oxidation sites excluding steroid dienone is 1. The second-order valence-corrected chi connectivity index (χ2v) is 12.7. The molecular formula is C28H48O. The zero-order valence-corrected chi connectivity index (χ0v) is 20.3. The standard InChI is InChI=1S/C28H48O/c1-19(2)9-7-10-20(3)22-12-13-24-27(22,6)17-15-25-26(5)16-8-11-21(4)23(26)14-18-28(24,25)29/h14,19-22,24-25,29H,7-13,15-18H2,1-6H3/t20-,21-,22-,24-,25-,26+,27-,28?/m1/s1. The highest BCUT2D eigenvalue weighted by atomic mass is 16.3. The summed E-state index contributed by atoms with van der Waals surface area (Å²) in [6, 6.07) is 0. The van der Waals surface area contributed by atoms with E-state index in [1.54, 1.807) is 5.57 Å². The third-order valence-electron chi connectivity index (χ3n) is 10.7. The van der Waals surface area contributed by atoms with Gasteiger partial charge < -0.3 is 5.11 Å². The average Bonchev–Trinajstić information content (AvgIpc) is 2.99. The fraction of sp³-hybridized carbons (Fsp3) is 0.929. The topological polar surface area (TPSA) is 20.2 Å². The van der Waals surface area contributed by atoms with Crippen LogP contribution >= 0.6 is 0 Å². The predicted molar refractivity (Wildman–Crippen MR) is 124 cm³/mol. The summed E-state index contributed by atoms with van der Waals surface area (Å²) >= 11 is 0. The summed E-state index contributed by atoms with van der Waals surface area (Å²) in [5.41, 5.74) is 1.87. The van der Waals surface area contributed by atoms with Crippen LogP contribution < -0.4 is 0 Å². The van der Waals surface area contributed by atoms with E-state index in [-0.39, 0.29) is 5.41 Å². The fourth-order valence-electron chi connectivity index (χ4n) is 9.25. The van der Waals surface area contributed by atoms with Crippen molar-refractivity contribution >= 4 is 0 Å². The predicted octanol–water partition coefficient (Wildman–Crippen LogP) is 7.78. The van der Waals surface area contributed by atoms with Gasteiger partial charge in [-0.2, -0.15) is 0 Å². The minimum atomic E-state index is -0.450. The van der Waals surface area contributed by atoms with E-state index in [1.807, 2.05) is 0 Å². The van der Waals surface area contributed by atoms with Crippen molar-refractivity contribution in [2.45, 2.75) is 118 Å². The fourth-order valence-corrected chi connectivity index (χ4v) is 9.25. The lowest BCUT2D eigenvalue weighted by Crippen LogP contribution is -2.61. The van der Waals surface area contributed by atoms with Crippen LogP contribution in [0.2, 0.25) is 0 Å². The Hall–Kier alpha value is -0.300. The summed E-state index contributed by atoms with van der Waals surface area (Å²) in [5.74, 6) is 4.18. The van der Waals surface area contributed by atoms with Crippen LogP contribution in [0.15, 0.2) is 11.6 Å². The summed E-state index contributed by atoms with van der Waals surface area (Å²) in [4.78, 5) is 0. The molecule has 0 aromatic rings. The molecule has 3 fully saturated rings. The maximum Gasteiger partial charge on any atom is 0.0751 e. The van der Waals surface area contributed by atoms with Crippen LogP contribution in [0.1, 0.15) is 112 Å². The van der Waals surface area contributed by atoms with Gasteiger partial charge in [0.05, 0.1) is 5.60 Å². The molecule has 4 aliphatic carbocycles. The van der Waals surface area contributed by atoms with Crippen LogP contribution in [0.4, 0.5) is 0 Å². The Morgan fingerprint density at radius 3 is 2.48 bits per heavy atom. The van der Waals surface area contributed by atoms with E-state index in [0.29, 0.717) is 17.3 Å². The van der Waals surface area contributed by atoms with Gasteiger partial charge in [-0.05, 0) is 91.3 Å². The summed E-state index contributed by atoms with van der Waals surface area (Å²) in [6.07, 6.45) is 16.8. The van der Waals surface area contributed by atoms with E-state index in [9.17, 15) is 5.11 Å². The van der Waals surface area contributed by atoms with Crippen LogP contribution in [-0.2, 0) is 0 Å². The van der Waals surface area contributed by atoms with E-state index in [2.05, 4.69) is 47.6 Å². The largest absolute Gasteiger partial charge is 0.389 e. The molecule has 0 saturated heterocycles. The van der Waals surface area contributed by atoms with Crippen molar-refractivity contribution in [3.05, 3.63) is 11.6 Å². The Morgan fingerprint density at radius 1 is 1.00 bits per heavy atom. The molecular weight excluding hydrogens is 352 g/mol. The molecule has 0 aromatic heterocycles. The molecule has 4 rings (SSSR count). The van der Waals surface area contributed by atoms with Gasteiger partial charge in [0.25, 0.3) is 0 Å². The zero-order valence-electron chi connectivity index (χ0n) is 20.3. The molecule has 8 atom stereocenters. The molecule has 1 nitrogen and oxygen atoms in total. The smallest absolute Gasteiger partial charge is 0.0751 e. The average molecular weight is 401 g/mol. The third-order valence-corrected chi connectivity index (χ3v) is 10.7. The summed E-state index contributed by atoms with van der Waals surface area (Å²) in [6.45, 7) is 14.8. The number of hydrogen-bond donors (Lipinski definition) is 1. The maximum atomic E-state index is 12.3. The zero-order chi connectivity index (χ0) is 21.0. The van der Waals surface area contributed by atoms with Gasteiger partial charge in [-0.15, -0.1) is 0 Å². The van der Waals surface area contributed by atoms with Gasteiger partial charge in [0, 0.05) is 0 Å². The van der Waals surface area contributed by atoms with Crippen LogP contribution in [0.25, 0.3) is 0 Å². The molecule has 0 bridgehead atoms. The second kappa shape index (κ2) is 7.68. The van der Waals surface area contributed by atoms with Crippen molar-refractivity contribution in [3.63, 3.8) is 0 Å². The first kappa shape index (κ1) is 21.9. The van der Waals surface area contributed by atoms with Crippen LogP contribution in [0, 0.1) is 46.3 Å². The Labute approximate surface area is 181 Å². The second-order valence-electron chi connectivity index (χ2n) is 12.7. The minimum absolute atomic E-state index is 0.257. The van der Waals surface area contributed by atoms with Gasteiger partial charge in [-0.3, -0.25) is 0 Å². The molecule has 0 spiro atoms. The van der Waals surface area contributed by atoms with E-state index >= 15 is 0 Å².